The molecule has 2 aliphatic carbocycles. The van der Waals surface area contributed by atoms with E-state index in [-0.39, 0.29) is 0 Å². The third kappa shape index (κ3) is 4.82. The Morgan fingerprint density at radius 2 is 0.887 bits per heavy atom. The van der Waals surface area contributed by atoms with Crippen molar-refractivity contribution in [3.8, 4) is 22.5 Å². The minimum absolute atomic E-state index is 0.678. The minimum atomic E-state index is -0.678. The van der Waals surface area contributed by atoms with Crippen molar-refractivity contribution in [1.82, 2.24) is 0 Å². The average molecular weight is 791 g/mol. The van der Waals surface area contributed by atoms with Crippen LogP contribution in [0, 0.1) is 0 Å². The van der Waals surface area contributed by atoms with E-state index in [1.807, 2.05) is 0 Å². The summed E-state index contributed by atoms with van der Waals surface area (Å²) in [6.45, 7) is 0. The summed E-state index contributed by atoms with van der Waals surface area (Å²) in [4.78, 5) is 4.84. The zero-order chi connectivity index (χ0) is 40.8. The Hall–Kier alpha value is -8.14. The van der Waals surface area contributed by atoms with Gasteiger partial charge in [0.15, 0.2) is 0 Å². The summed E-state index contributed by atoms with van der Waals surface area (Å²) in [5, 5.41) is 6.03. The van der Waals surface area contributed by atoms with E-state index in [1.54, 1.807) is 0 Å². The maximum atomic E-state index is 7.18. The fourth-order valence-electron chi connectivity index (χ4n) is 10.8. The van der Waals surface area contributed by atoms with Crippen LogP contribution >= 0.6 is 0 Å². The minimum Gasteiger partial charge on any atom is -0.456 e. The molecule has 0 amide bonds. The molecule has 11 aromatic rings. The highest BCUT2D eigenvalue weighted by molar-refractivity contribution is 6.15. The van der Waals surface area contributed by atoms with Gasteiger partial charge in [-0.1, -0.05) is 164 Å². The lowest BCUT2D eigenvalue weighted by atomic mass is 9.70. The van der Waals surface area contributed by atoms with Gasteiger partial charge in [-0.05, 0) is 111 Å². The number of anilines is 6. The van der Waals surface area contributed by atoms with Gasteiger partial charge >= 0.3 is 0 Å². The topological polar surface area (TPSA) is 19.6 Å². The van der Waals surface area contributed by atoms with E-state index in [4.69, 9.17) is 4.42 Å². The van der Waals surface area contributed by atoms with Crippen LogP contribution in [0.3, 0.4) is 0 Å². The van der Waals surface area contributed by atoms with Gasteiger partial charge in [0, 0.05) is 44.6 Å². The van der Waals surface area contributed by atoms with Crippen molar-refractivity contribution >= 4 is 66.6 Å². The van der Waals surface area contributed by atoms with E-state index in [0.717, 1.165) is 56.4 Å². The fourth-order valence-corrected chi connectivity index (χ4v) is 10.8. The van der Waals surface area contributed by atoms with E-state index in [9.17, 15) is 0 Å². The molecule has 0 bridgehead atoms. The molecule has 0 N–H and O–H groups in total. The summed E-state index contributed by atoms with van der Waals surface area (Å²) in [5.41, 5.74) is 15.3. The molecule has 3 nitrogen and oxygen atoms in total. The first kappa shape index (κ1) is 34.7. The zero-order valence-corrected chi connectivity index (χ0v) is 33.7. The second-order valence-electron chi connectivity index (χ2n) is 16.4. The van der Waals surface area contributed by atoms with E-state index >= 15 is 0 Å². The number of rotatable bonds is 6. The van der Waals surface area contributed by atoms with Crippen LogP contribution in [-0.4, -0.2) is 0 Å². The lowest BCUT2D eigenvalue weighted by Gasteiger charge is -2.33. The van der Waals surface area contributed by atoms with Crippen LogP contribution in [0.1, 0.15) is 22.3 Å². The van der Waals surface area contributed by atoms with Crippen molar-refractivity contribution in [2.75, 3.05) is 9.80 Å². The van der Waals surface area contributed by atoms with Crippen LogP contribution in [0.25, 0.3) is 55.0 Å². The zero-order valence-electron chi connectivity index (χ0n) is 33.7. The van der Waals surface area contributed by atoms with Gasteiger partial charge in [-0.25, -0.2) is 0 Å². The molecule has 62 heavy (non-hydrogen) atoms. The Morgan fingerprint density at radius 3 is 1.61 bits per heavy atom. The molecule has 1 unspecified atom stereocenters. The highest BCUT2D eigenvalue weighted by Crippen LogP contribution is 2.67. The van der Waals surface area contributed by atoms with Gasteiger partial charge in [-0.2, -0.15) is 0 Å². The predicted molar refractivity (Wildman–Crippen MR) is 257 cm³/mol. The fraction of sp³-hybridized carbons (Fsp3) is 0.0169. The summed E-state index contributed by atoms with van der Waals surface area (Å²) in [5.74, 6) is 0.919. The van der Waals surface area contributed by atoms with E-state index in [1.165, 1.54) is 54.9 Å². The SMILES string of the molecule is c1ccc(N(c2ccccc2)c2cccc3c2-c2oc4ccccc4c2C32c3ccccc3-c3ccc(N(c4ccccc4)c4cc5ccccc5c5ccccc45)cc32)cc1. The Bertz CT molecular complexity index is 3500. The Labute approximate surface area is 360 Å². The molecule has 1 atom stereocenters. The summed E-state index contributed by atoms with van der Waals surface area (Å²) < 4.78 is 7.18. The van der Waals surface area contributed by atoms with Gasteiger partial charge < -0.3 is 14.2 Å². The molecule has 2 aliphatic rings. The molecule has 0 saturated carbocycles. The first-order chi connectivity index (χ1) is 30.8. The van der Waals surface area contributed by atoms with Crippen LogP contribution in [0.4, 0.5) is 34.1 Å². The van der Waals surface area contributed by atoms with E-state index in [2.05, 4.69) is 240 Å². The maximum absolute atomic E-state index is 7.18. The third-order valence-corrected chi connectivity index (χ3v) is 13.2. The van der Waals surface area contributed by atoms with Crippen molar-refractivity contribution in [2.45, 2.75) is 5.41 Å². The quantitative estimate of drug-likeness (QED) is 0.156. The van der Waals surface area contributed by atoms with Gasteiger partial charge in [-0.3, -0.25) is 0 Å². The van der Waals surface area contributed by atoms with Crippen molar-refractivity contribution < 1.29 is 4.42 Å². The number of hydrogen-bond acceptors (Lipinski definition) is 3. The molecule has 13 rings (SSSR count). The van der Waals surface area contributed by atoms with Gasteiger partial charge in [0.25, 0.3) is 0 Å². The van der Waals surface area contributed by atoms with Gasteiger partial charge in [0.05, 0.1) is 16.8 Å². The number of benzene rings is 10. The van der Waals surface area contributed by atoms with Gasteiger partial charge in [-0.15, -0.1) is 0 Å². The lowest BCUT2D eigenvalue weighted by Crippen LogP contribution is -2.26. The molecule has 1 spiro atoms. The molecule has 0 fully saturated rings. The Kier molecular flexibility index (Phi) is 7.52. The normalized spacial score (nSPS) is 14.5. The third-order valence-electron chi connectivity index (χ3n) is 13.2. The van der Waals surface area contributed by atoms with Crippen molar-refractivity contribution in [1.29, 1.82) is 0 Å². The first-order valence-electron chi connectivity index (χ1n) is 21.4. The molecule has 3 heteroatoms. The molecule has 10 aromatic carbocycles. The van der Waals surface area contributed by atoms with Crippen molar-refractivity contribution in [3.05, 3.63) is 253 Å². The van der Waals surface area contributed by atoms with Crippen LogP contribution in [0.5, 0.6) is 0 Å². The Morgan fingerprint density at radius 1 is 0.339 bits per heavy atom. The number of hydrogen-bond donors (Lipinski definition) is 0. The van der Waals surface area contributed by atoms with Gasteiger partial charge in [0.1, 0.15) is 11.3 Å². The Balaban J connectivity index is 1.14. The summed E-state index contributed by atoms with van der Waals surface area (Å²) >= 11 is 0. The van der Waals surface area contributed by atoms with Crippen LogP contribution in [0.15, 0.2) is 235 Å². The second kappa shape index (κ2) is 13.4. The molecular weight excluding hydrogens is 753 g/mol. The van der Waals surface area contributed by atoms with Crippen molar-refractivity contribution in [3.63, 3.8) is 0 Å². The average Bonchev–Trinajstić information content (AvgIpc) is 3.96. The summed E-state index contributed by atoms with van der Waals surface area (Å²) in [6, 6.07) is 83.8. The highest BCUT2D eigenvalue weighted by Gasteiger charge is 2.55. The molecule has 0 radical (unpaired) electrons. The number of nitrogens with zero attached hydrogens (tertiary/aromatic N) is 2. The van der Waals surface area contributed by atoms with Crippen LogP contribution in [-0.2, 0) is 5.41 Å². The standard InChI is InChI=1S/C59H38N2O/c1-4-20-40(21-5-1)60(41-22-6-2-7-23-41)53-33-18-32-51-56(53)58-57(49-30-15-17-34-55(49)62-58)59(51)50-31-16-14-28-46(50)47-36-35-43(38-52(47)59)61(42-24-8-3-9-25-42)54-37-39-19-10-11-26-44(39)45-27-12-13-29-48(45)54/h1-38H. The second-order valence-corrected chi connectivity index (χ2v) is 16.4. The molecule has 0 saturated heterocycles. The van der Waals surface area contributed by atoms with Crippen LogP contribution in [0.2, 0.25) is 0 Å². The molecule has 1 aromatic heterocycles. The highest BCUT2D eigenvalue weighted by atomic mass is 16.3. The van der Waals surface area contributed by atoms with E-state index < -0.39 is 5.41 Å². The summed E-state index contributed by atoms with van der Waals surface area (Å²) in [7, 11) is 0. The number of fused-ring (bicyclic) bond motifs is 15. The summed E-state index contributed by atoms with van der Waals surface area (Å²) in [6.07, 6.45) is 0. The van der Waals surface area contributed by atoms with E-state index in [0.29, 0.717) is 0 Å². The first-order valence-corrected chi connectivity index (χ1v) is 21.4. The molecule has 0 aliphatic heterocycles. The smallest absolute Gasteiger partial charge is 0.142 e. The molecule has 1 heterocycles. The van der Waals surface area contributed by atoms with Crippen molar-refractivity contribution in [2.24, 2.45) is 0 Å². The lowest BCUT2D eigenvalue weighted by molar-refractivity contribution is 0.628. The predicted octanol–water partition coefficient (Wildman–Crippen LogP) is 16.0. The maximum Gasteiger partial charge on any atom is 0.142 e. The number of furan rings is 1. The molecule has 290 valence electrons. The monoisotopic (exact) mass is 790 g/mol. The van der Waals surface area contributed by atoms with Gasteiger partial charge in [0.2, 0.25) is 0 Å². The molecular formula is C59H38N2O. The van der Waals surface area contributed by atoms with Crippen LogP contribution < -0.4 is 9.80 Å². The number of para-hydroxylation sites is 4. The largest absolute Gasteiger partial charge is 0.456 e.